The van der Waals surface area contributed by atoms with E-state index in [2.05, 4.69) is 0 Å². The fraction of sp³-hybridized carbons (Fsp3) is 0.300. The summed E-state index contributed by atoms with van der Waals surface area (Å²) >= 11 is 11.8. The van der Waals surface area contributed by atoms with E-state index >= 15 is 0 Å². The van der Waals surface area contributed by atoms with Crippen LogP contribution in [-0.2, 0) is 11.2 Å². The molecule has 0 unspecified atom stereocenters. The third-order valence-corrected chi connectivity index (χ3v) is 3.03. The number of rotatable bonds is 1. The molecule has 1 aliphatic carbocycles. The molecular weight excluding hydrogens is 223 g/mol. The van der Waals surface area contributed by atoms with Gasteiger partial charge in [0, 0.05) is 10.0 Å². The van der Waals surface area contributed by atoms with E-state index in [4.69, 9.17) is 23.2 Å². The number of carbonyl (C=O) groups excluding carboxylic acids is 1. The molecule has 0 heterocycles. The van der Waals surface area contributed by atoms with E-state index in [9.17, 15) is 9.90 Å². The van der Waals surface area contributed by atoms with Crippen molar-refractivity contribution in [1.82, 2.24) is 0 Å². The Morgan fingerprint density at radius 2 is 2.14 bits per heavy atom. The molecule has 0 spiro atoms. The Kier molecular flexibility index (Phi) is 2.52. The lowest BCUT2D eigenvalue weighted by Gasteiger charge is -2.08. The fourth-order valence-electron chi connectivity index (χ4n) is 1.88. The first-order valence-electron chi connectivity index (χ1n) is 4.24. The Labute approximate surface area is 91.4 Å². The Morgan fingerprint density at radius 1 is 1.43 bits per heavy atom. The van der Waals surface area contributed by atoms with Gasteiger partial charge in [0.05, 0.1) is 12.0 Å². The zero-order valence-corrected chi connectivity index (χ0v) is 8.72. The molecule has 0 fully saturated rings. The van der Waals surface area contributed by atoms with Crippen molar-refractivity contribution in [2.24, 2.45) is 0 Å². The smallest absolute Gasteiger partial charge is 0.130 e. The van der Waals surface area contributed by atoms with Crippen LogP contribution in [0.15, 0.2) is 12.1 Å². The molecule has 0 saturated carbocycles. The second kappa shape index (κ2) is 3.54. The average Bonchev–Trinajstić information content (AvgIpc) is 2.40. The van der Waals surface area contributed by atoms with Crippen LogP contribution in [-0.4, -0.2) is 17.5 Å². The molecule has 1 aromatic rings. The summed E-state index contributed by atoms with van der Waals surface area (Å²) in [5, 5.41) is 10.6. The van der Waals surface area contributed by atoms with Crippen LogP contribution in [0.5, 0.6) is 0 Å². The topological polar surface area (TPSA) is 37.3 Å². The van der Waals surface area contributed by atoms with Crippen LogP contribution in [0.4, 0.5) is 0 Å². The number of aldehydes is 1. The van der Waals surface area contributed by atoms with Gasteiger partial charge in [-0.05, 0) is 29.7 Å². The van der Waals surface area contributed by atoms with Crippen LogP contribution >= 0.6 is 23.2 Å². The van der Waals surface area contributed by atoms with Gasteiger partial charge in [-0.15, -0.1) is 0 Å². The highest BCUT2D eigenvalue weighted by atomic mass is 35.5. The molecule has 2 rings (SSSR count). The Hall–Kier alpha value is -0.570. The van der Waals surface area contributed by atoms with Crippen molar-refractivity contribution in [3.05, 3.63) is 33.3 Å². The fourth-order valence-corrected chi connectivity index (χ4v) is 2.55. The average molecular weight is 231 g/mol. The lowest BCUT2D eigenvalue weighted by atomic mass is 10.0. The van der Waals surface area contributed by atoms with Gasteiger partial charge in [-0.3, -0.25) is 0 Å². The van der Waals surface area contributed by atoms with Crippen molar-refractivity contribution >= 4 is 29.5 Å². The van der Waals surface area contributed by atoms with Crippen molar-refractivity contribution in [1.29, 1.82) is 0 Å². The molecule has 74 valence electrons. The number of carbonyl (C=O) groups is 1. The summed E-state index contributed by atoms with van der Waals surface area (Å²) in [4.78, 5) is 10.8. The molecule has 1 N–H and O–H groups in total. The molecule has 1 aromatic carbocycles. The van der Waals surface area contributed by atoms with Gasteiger partial charge >= 0.3 is 0 Å². The minimum Gasteiger partial charge on any atom is -0.392 e. The zero-order chi connectivity index (χ0) is 10.3. The van der Waals surface area contributed by atoms with E-state index < -0.39 is 12.0 Å². The third kappa shape index (κ3) is 1.44. The van der Waals surface area contributed by atoms with Gasteiger partial charge in [0.2, 0.25) is 0 Å². The quantitative estimate of drug-likeness (QED) is 0.752. The molecule has 0 amide bonds. The lowest BCUT2D eigenvalue weighted by molar-refractivity contribution is -0.110. The van der Waals surface area contributed by atoms with Gasteiger partial charge in [0.15, 0.2) is 0 Å². The number of halogens is 2. The van der Waals surface area contributed by atoms with E-state index in [1.165, 1.54) is 0 Å². The van der Waals surface area contributed by atoms with Crippen molar-refractivity contribution in [3.63, 3.8) is 0 Å². The Morgan fingerprint density at radius 3 is 2.79 bits per heavy atom. The number of hydrogen-bond acceptors (Lipinski definition) is 2. The molecular formula is C10H8Cl2O2. The molecule has 0 bridgehead atoms. The highest BCUT2D eigenvalue weighted by Crippen LogP contribution is 2.38. The van der Waals surface area contributed by atoms with Crippen molar-refractivity contribution in [2.45, 2.75) is 18.4 Å². The second-order valence-electron chi connectivity index (χ2n) is 3.39. The molecule has 0 aromatic heterocycles. The number of fused-ring (bicyclic) bond motifs is 1. The predicted octanol–water partition coefficient (Wildman–Crippen LogP) is 2.19. The van der Waals surface area contributed by atoms with Crippen LogP contribution in [0, 0.1) is 0 Å². The maximum absolute atomic E-state index is 10.8. The molecule has 0 radical (unpaired) electrons. The molecule has 14 heavy (non-hydrogen) atoms. The summed E-state index contributed by atoms with van der Waals surface area (Å²) < 4.78 is 0. The van der Waals surface area contributed by atoms with Gasteiger partial charge in [-0.2, -0.15) is 0 Å². The van der Waals surface area contributed by atoms with Crippen LogP contribution < -0.4 is 0 Å². The highest BCUT2D eigenvalue weighted by molar-refractivity contribution is 6.35. The summed E-state index contributed by atoms with van der Waals surface area (Å²) in [5.41, 5.74) is 1.59. The van der Waals surface area contributed by atoms with Crippen LogP contribution in [0.2, 0.25) is 10.0 Å². The van der Waals surface area contributed by atoms with Crippen LogP contribution in [0.25, 0.3) is 0 Å². The summed E-state index contributed by atoms with van der Waals surface area (Å²) in [6.45, 7) is 0. The minimum absolute atomic E-state index is 0.443. The van der Waals surface area contributed by atoms with Crippen LogP contribution in [0.3, 0.4) is 0 Å². The van der Waals surface area contributed by atoms with E-state index in [1.54, 1.807) is 12.1 Å². The minimum atomic E-state index is -0.668. The van der Waals surface area contributed by atoms with E-state index in [0.717, 1.165) is 17.4 Å². The molecule has 4 heteroatoms. The first-order chi connectivity index (χ1) is 6.63. The van der Waals surface area contributed by atoms with E-state index in [0.29, 0.717) is 16.5 Å². The second-order valence-corrected chi connectivity index (χ2v) is 4.24. The summed E-state index contributed by atoms with van der Waals surface area (Å²) in [7, 11) is 0. The van der Waals surface area contributed by atoms with Crippen molar-refractivity contribution in [2.75, 3.05) is 0 Å². The molecule has 1 aliphatic rings. The number of hydrogen-bond donors (Lipinski definition) is 1. The van der Waals surface area contributed by atoms with Gasteiger partial charge < -0.3 is 9.90 Å². The van der Waals surface area contributed by atoms with Crippen molar-refractivity contribution in [3.8, 4) is 0 Å². The third-order valence-electron chi connectivity index (χ3n) is 2.50. The maximum atomic E-state index is 10.8. The van der Waals surface area contributed by atoms with Gasteiger partial charge in [-0.1, -0.05) is 23.2 Å². The normalized spacial score (nSPS) is 24.8. The standard InChI is InChI=1S/C10H8Cl2O2/c11-6-1-5-2-9(14)7(4-13)10(5)8(12)3-6/h1,3-4,7,9,14H,2H2/t7-,9-/m0/s1. The monoisotopic (exact) mass is 230 g/mol. The van der Waals surface area contributed by atoms with Gasteiger partial charge in [-0.25, -0.2) is 0 Å². The predicted molar refractivity (Wildman–Crippen MR) is 55.0 cm³/mol. The zero-order valence-electron chi connectivity index (χ0n) is 7.21. The molecule has 2 atom stereocenters. The maximum Gasteiger partial charge on any atom is 0.130 e. The highest BCUT2D eigenvalue weighted by Gasteiger charge is 2.32. The SMILES string of the molecule is O=C[C@@H]1c2c(Cl)cc(Cl)cc2C[C@@H]1O. The summed E-state index contributed by atoms with van der Waals surface area (Å²) in [6.07, 6.45) is 0.508. The van der Waals surface area contributed by atoms with E-state index in [1.807, 2.05) is 0 Å². The largest absolute Gasteiger partial charge is 0.392 e. The van der Waals surface area contributed by atoms with Crippen molar-refractivity contribution < 1.29 is 9.90 Å². The first kappa shape index (κ1) is 9.97. The molecule has 0 saturated heterocycles. The number of benzene rings is 1. The molecule has 0 aliphatic heterocycles. The first-order valence-corrected chi connectivity index (χ1v) is 5.00. The van der Waals surface area contributed by atoms with Gasteiger partial charge in [0.25, 0.3) is 0 Å². The number of aliphatic hydroxyl groups is 1. The Balaban J connectivity index is 2.58. The van der Waals surface area contributed by atoms with Crippen LogP contribution in [0.1, 0.15) is 17.0 Å². The molecule has 2 nitrogen and oxygen atoms in total. The van der Waals surface area contributed by atoms with E-state index in [-0.39, 0.29) is 0 Å². The Bertz CT molecular complexity index is 390. The lowest BCUT2D eigenvalue weighted by Crippen LogP contribution is -2.14. The number of aliphatic hydroxyl groups excluding tert-OH is 1. The summed E-state index contributed by atoms with van der Waals surface area (Å²) in [5.74, 6) is -0.505. The van der Waals surface area contributed by atoms with Gasteiger partial charge in [0.1, 0.15) is 6.29 Å². The summed E-state index contributed by atoms with van der Waals surface area (Å²) in [6, 6.07) is 3.34.